The summed E-state index contributed by atoms with van der Waals surface area (Å²) in [5.41, 5.74) is -4.41. The molecule has 6 heteroatoms. The number of thioether (sulfide) groups is 1. The first-order chi connectivity index (χ1) is 9.44. The van der Waals surface area contributed by atoms with E-state index in [9.17, 15) is 18.0 Å². The van der Waals surface area contributed by atoms with E-state index < -0.39 is 5.51 Å². The summed E-state index contributed by atoms with van der Waals surface area (Å²) in [5, 5.41) is 1.25. The minimum absolute atomic E-state index is 0.00452. The average molecular weight is 295 g/mol. The predicted molar refractivity (Wildman–Crippen MR) is 73.1 cm³/mol. The molecule has 0 unspecified atom stereocenters. The Kier molecular flexibility index (Phi) is 2.97. The molecule has 0 radical (unpaired) electrons. The molecule has 0 atom stereocenters. The zero-order chi connectivity index (χ0) is 14.3. The molecule has 0 aliphatic heterocycles. The summed E-state index contributed by atoms with van der Waals surface area (Å²) in [6.45, 7) is 0. The number of aromatic nitrogens is 1. The van der Waals surface area contributed by atoms with E-state index in [0.717, 1.165) is 5.39 Å². The van der Waals surface area contributed by atoms with Crippen molar-refractivity contribution in [3.63, 3.8) is 0 Å². The van der Waals surface area contributed by atoms with Crippen molar-refractivity contribution in [2.24, 2.45) is 0 Å². The summed E-state index contributed by atoms with van der Waals surface area (Å²) >= 11 is -0.223. The molecule has 1 aromatic carbocycles. The average Bonchev–Trinajstić information content (AvgIpc) is 2.71. The van der Waals surface area contributed by atoms with Gasteiger partial charge in [0.15, 0.2) is 0 Å². The number of benzene rings is 1. The Bertz CT molecular complexity index is 854. The van der Waals surface area contributed by atoms with Gasteiger partial charge in [0.2, 0.25) is 5.43 Å². The largest absolute Gasteiger partial charge is 0.446 e. The van der Waals surface area contributed by atoms with E-state index in [1.54, 1.807) is 30.5 Å². The van der Waals surface area contributed by atoms with Gasteiger partial charge in [-0.05, 0) is 29.3 Å². The number of nitrogens with zero attached hydrogens (tertiary/aromatic N) is 1. The molecule has 0 N–H and O–H groups in total. The second kappa shape index (κ2) is 4.56. The maximum Gasteiger partial charge on any atom is 0.446 e. The van der Waals surface area contributed by atoms with E-state index in [-0.39, 0.29) is 27.6 Å². The Morgan fingerprint density at radius 3 is 2.60 bits per heavy atom. The number of fused-ring (bicyclic) bond motifs is 2. The van der Waals surface area contributed by atoms with E-state index in [1.165, 1.54) is 16.7 Å². The monoisotopic (exact) mass is 295 g/mol. The first-order valence-corrected chi connectivity index (χ1v) is 6.55. The van der Waals surface area contributed by atoms with Crippen molar-refractivity contribution < 1.29 is 13.2 Å². The summed E-state index contributed by atoms with van der Waals surface area (Å²) in [6.07, 6.45) is 2.91. The summed E-state index contributed by atoms with van der Waals surface area (Å²) < 4.78 is 38.5. The molecule has 0 amide bonds. The van der Waals surface area contributed by atoms with Gasteiger partial charge >= 0.3 is 5.51 Å². The van der Waals surface area contributed by atoms with E-state index in [2.05, 4.69) is 0 Å². The topological polar surface area (TPSA) is 21.5 Å². The first-order valence-electron chi connectivity index (χ1n) is 5.73. The van der Waals surface area contributed by atoms with Crippen LogP contribution in [0.4, 0.5) is 13.2 Å². The molecule has 3 aromatic rings. The lowest BCUT2D eigenvalue weighted by molar-refractivity contribution is -0.0328. The van der Waals surface area contributed by atoms with Gasteiger partial charge in [-0.1, -0.05) is 24.3 Å². The normalized spacial score (nSPS) is 12.2. The van der Waals surface area contributed by atoms with Gasteiger partial charge in [-0.2, -0.15) is 13.2 Å². The second-order valence-corrected chi connectivity index (χ2v) is 5.39. The lowest BCUT2D eigenvalue weighted by Crippen LogP contribution is -1.99. The van der Waals surface area contributed by atoms with Crippen LogP contribution in [-0.2, 0) is 0 Å². The molecule has 2 nitrogen and oxygen atoms in total. The van der Waals surface area contributed by atoms with Gasteiger partial charge in [-0.15, -0.1) is 0 Å². The van der Waals surface area contributed by atoms with Crippen LogP contribution in [0.1, 0.15) is 0 Å². The van der Waals surface area contributed by atoms with Gasteiger partial charge in [-0.3, -0.25) is 4.79 Å². The Balaban J connectivity index is 2.28. The Hall–Kier alpha value is -1.95. The van der Waals surface area contributed by atoms with Crippen LogP contribution in [0.15, 0.2) is 58.5 Å². The van der Waals surface area contributed by atoms with E-state index >= 15 is 0 Å². The van der Waals surface area contributed by atoms with Crippen LogP contribution in [0, 0.1) is 0 Å². The Morgan fingerprint density at radius 1 is 1.10 bits per heavy atom. The SMILES string of the molecule is O=c1c2ccccc2ccn2cc(SC(F)(F)F)cc12. The lowest BCUT2D eigenvalue weighted by Gasteiger charge is -2.01. The van der Waals surface area contributed by atoms with E-state index in [1.807, 2.05) is 6.07 Å². The van der Waals surface area contributed by atoms with Gasteiger partial charge in [0, 0.05) is 22.7 Å². The summed E-state index contributed by atoms with van der Waals surface area (Å²) in [4.78, 5) is 12.4. The molecular weight excluding hydrogens is 287 g/mol. The van der Waals surface area contributed by atoms with Crippen LogP contribution < -0.4 is 5.43 Å². The highest BCUT2D eigenvalue weighted by atomic mass is 32.2. The maximum atomic E-state index is 12.4. The Labute approximate surface area is 115 Å². The zero-order valence-corrected chi connectivity index (χ0v) is 10.8. The van der Waals surface area contributed by atoms with Crippen molar-refractivity contribution in [3.05, 3.63) is 59.0 Å². The van der Waals surface area contributed by atoms with Crippen LogP contribution in [0.2, 0.25) is 0 Å². The summed E-state index contributed by atoms with van der Waals surface area (Å²) in [7, 11) is 0. The lowest BCUT2D eigenvalue weighted by atomic mass is 10.2. The summed E-state index contributed by atoms with van der Waals surface area (Å²) in [6, 6.07) is 9.98. The second-order valence-electron chi connectivity index (χ2n) is 4.25. The van der Waals surface area contributed by atoms with Crippen LogP contribution in [-0.4, -0.2) is 9.91 Å². The van der Waals surface area contributed by atoms with Gasteiger partial charge in [-0.25, -0.2) is 0 Å². The van der Waals surface area contributed by atoms with Crippen molar-refractivity contribution in [3.8, 4) is 0 Å². The zero-order valence-electron chi connectivity index (χ0n) is 10.0. The molecule has 0 saturated heterocycles. The fourth-order valence-electron chi connectivity index (χ4n) is 2.10. The third-order valence-corrected chi connectivity index (χ3v) is 3.60. The van der Waals surface area contributed by atoms with Crippen molar-refractivity contribution in [1.29, 1.82) is 0 Å². The molecule has 0 spiro atoms. The molecule has 0 bridgehead atoms. The third-order valence-electron chi connectivity index (χ3n) is 2.91. The quantitative estimate of drug-likeness (QED) is 0.631. The fourth-order valence-corrected chi connectivity index (χ4v) is 2.70. The van der Waals surface area contributed by atoms with Crippen LogP contribution >= 0.6 is 11.8 Å². The standard InChI is InChI=1S/C14H8F3NOS/c15-14(16,17)20-10-7-12-13(19)11-4-2-1-3-9(11)5-6-18(12)8-10/h1-8H. The molecule has 2 aromatic heterocycles. The first kappa shape index (κ1) is 13.1. The van der Waals surface area contributed by atoms with Crippen molar-refractivity contribution in [1.82, 2.24) is 4.40 Å². The van der Waals surface area contributed by atoms with Crippen LogP contribution in [0.25, 0.3) is 16.3 Å². The Morgan fingerprint density at radius 2 is 1.85 bits per heavy atom. The molecule has 102 valence electrons. The smallest absolute Gasteiger partial charge is 0.319 e. The molecule has 2 heterocycles. The predicted octanol–water partition coefficient (Wildman–Crippen LogP) is 4.06. The number of hydrogen-bond donors (Lipinski definition) is 0. The van der Waals surface area contributed by atoms with Crippen molar-refractivity contribution >= 4 is 28.1 Å². The number of hydrogen-bond acceptors (Lipinski definition) is 2. The van der Waals surface area contributed by atoms with Crippen LogP contribution in [0.3, 0.4) is 0 Å². The molecule has 3 rings (SSSR count). The third kappa shape index (κ3) is 2.38. The van der Waals surface area contributed by atoms with Gasteiger partial charge in [0.05, 0.1) is 5.52 Å². The van der Waals surface area contributed by atoms with Crippen molar-refractivity contribution in [2.75, 3.05) is 0 Å². The number of halogens is 3. The van der Waals surface area contributed by atoms with Gasteiger partial charge in [0.1, 0.15) is 0 Å². The highest BCUT2D eigenvalue weighted by Crippen LogP contribution is 2.37. The minimum Gasteiger partial charge on any atom is -0.319 e. The minimum atomic E-state index is -4.36. The molecular formula is C14H8F3NOS. The van der Waals surface area contributed by atoms with E-state index in [0.29, 0.717) is 5.39 Å². The molecule has 0 fully saturated rings. The highest BCUT2D eigenvalue weighted by molar-refractivity contribution is 8.00. The number of alkyl halides is 3. The molecule has 0 aliphatic rings. The number of rotatable bonds is 1. The fraction of sp³-hybridized carbons (Fsp3) is 0.0714. The molecule has 20 heavy (non-hydrogen) atoms. The van der Waals surface area contributed by atoms with Gasteiger partial charge < -0.3 is 4.40 Å². The van der Waals surface area contributed by atoms with Gasteiger partial charge in [0.25, 0.3) is 0 Å². The maximum absolute atomic E-state index is 12.4. The summed E-state index contributed by atoms with van der Waals surface area (Å²) in [5.74, 6) is 0. The van der Waals surface area contributed by atoms with Crippen LogP contribution in [0.5, 0.6) is 0 Å². The van der Waals surface area contributed by atoms with Crippen molar-refractivity contribution in [2.45, 2.75) is 10.4 Å². The van der Waals surface area contributed by atoms with E-state index in [4.69, 9.17) is 0 Å². The highest BCUT2D eigenvalue weighted by Gasteiger charge is 2.29. The molecule has 0 saturated carbocycles. The molecule has 0 aliphatic carbocycles.